The second-order valence-corrected chi connectivity index (χ2v) is 3.17. The number of benzene rings is 1. The fraction of sp³-hybridized carbons (Fsp3) is 0.0833. The number of halogens is 1. The summed E-state index contributed by atoms with van der Waals surface area (Å²) < 4.78 is 13.4. The Hall–Kier alpha value is -1.70. The van der Waals surface area contributed by atoms with Crippen molar-refractivity contribution in [3.63, 3.8) is 0 Å². The van der Waals surface area contributed by atoms with Crippen LogP contribution in [-0.4, -0.2) is 4.98 Å². The molecule has 1 aromatic heterocycles. The highest BCUT2D eigenvalue weighted by Gasteiger charge is 2.03. The first-order valence-corrected chi connectivity index (χ1v) is 4.45. The molecule has 0 bridgehead atoms. The molecule has 0 unspecified atom stereocenters. The molecular formula is C12H10FN. The van der Waals surface area contributed by atoms with Crippen molar-refractivity contribution in [1.29, 1.82) is 0 Å². The van der Waals surface area contributed by atoms with Gasteiger partial charge in [-0.15, -0.1) is 0 Å². The maximum absolute atomic E-state index is 13.4. The molecule has 1 aromatic carbocycles. The van der Waals surface area contributed by atoms with Gasteiger partial charge in [0.1, 0.15) is 5.82 Å². The Morgan fingerprint density at radius 2 is 1.93 bits per heavy atom. The first-order valence-electron chi connectivity index (χ1n) is 4.45. The van der Waals surface area contributed by atoms with Gasteiger partial charge in [-0.2, -0.15) is 0 Å². The van der Waals surface area contributed by atoms with Gasteiger partial charge >= 0.3 is 0 Å². The maximum Gasteiger partial charge on any atom is 0.131 e. The third kappa shape index (κ3) is 1.64. The molecule has 1 heterocycles. The van der Waals surface area contributed by atoms with E-state index in [0.717, 1.165) is 11.3 Å². The summed E-state index contributed by atoms with van der Waals surface area (Å²) >= 11 is 0. The van der Waals surface area contributed by atoms with E-state index < -0.39 is 0 Å². The first-order chi connectivity index (χ1) is 6.77. The van der Waals surface area contributed by atoms with Crippen LogP contribution in [0.25, 0.3) is 11.1 Å². The molecule has 70 valence electrons. The Morgan fingerprint density at radius 1 is 1.14 bits per heavy atom. The quantitative estimate of drug-likeness (QED) is 0.668. The van der Waals surface area contributed by atoms with Crippen molar-refractivity contribution < 1.29 is 4.39 Å². The van der Waals surface area contributed by atoms with Gasteiger partial charge in [0, 0.05) is 17.5 Å². The molecule has 2 heteroatoms. The third-order valence-corrected chi connectivity index (χ3v) is 2.08. The third-order valence-electron chi connectivity index (χ3n) is 2.08. The van der Waals surface area contributed by atoms with E-state index in [0.29, 0.717) is 5.56 Å². The van der Waals surface area contributed by atoms with Gasteiger partial charge in [0.2, 0.25) is 0 Å². The summed E-state index contributed by atoms with van der Waals surface area (Å²) in [5.74, 6) is -0.196. The highest BCUT2D eigenvalue weighted by molar-refractivity contribution is 5.63. The maximum atomic E-state index is 13.4. The van der Waals surface area contributed by atoms with Crippen molar-refractivity contribution in [2.75, 3.05) is 0 Å². The fourth-order valence-corrected chi connectivity index (χ4v) is 1.41. The van der Waals surface area contributed by atoms with Crippen LogP contribution in [-0.2, 0) is 0 Å². The second kappa shape index (κ2) is 3.58. The summed E-state index contributed by atoms with van der Waals surface area (Å²) in [4.78, 5) is 4.07. The minimum absolute atomic E-state index is 0.196. The van der Waals surface area contributed by atoms with Crippen LogP contribution < -0.4 is 0 Å². The summed E-state index contributed by atoms with van der Waals surface area (Å²) in [5.41, 5.74) is 2.39. The van der Waals surface area contributed by atoms with Crippen LogP contribution in [0.4, 0.5) is 4.39 Å². The Labute approximate surface area is 82.2 Å². The smallest absolute Gasteiger partial charge is 0.131 e. The molecule has 0 N–H and O–H groups in total. The van der Waals surface area contributed by atoms with E-state index in [2.05, 4.69) is 4.98 Å². The van der Waals surface area contributed by atoms with Gasteiger partial charge in [-0.1, -0.05) is 18.2 Å². The number of pyridine rings is 1. The lowest BCUT2D eigenvalue weighted by atomic mass is 10.1. The van der Waals surface area contributed by atoms with Crippen LogP contribution in [0.3, 0.4) is 0 Å². The van der Waals surface area contributed by atoms with E-state index in [4.69, 9.17) is 0 Å². The van der Waals surface area contributed by atoms with Crippen LogP contribution in [0.1, 0.15) is 5.69 Å². The minimum atomic E-state index is -0.196. The molecule has 0 saturated carbocycles. The van der Waals surface area contributed by atoms with Crippen molar-refractivity contribution in [3.05, 3.63) is 54.1 Å². The second-order valence-electron chi connectivity index (χ2n) is 3.17. The van der Waals surface area contributed by atoms with Gasteiger partial charge in [0.25, 0.3) is 0 Å². The van der Waals surface area contributed by atoms with Crippen molar-refractivity contribution in [3.8, 4) is 11.1 Å². The SMILES string of the molecule is Cc1cc(-c2ccccc2F)ccn1. The first kappa shape index (κ1) is 8.88. The topological polar surface area (TPSA) is 12.9 Å². The van der Waals surface area contributed by atoms with E-state index in [1.54, 1.807) is 18.3 Å². The van der Waals surface area contributed by atoms with E-state index >= 15 is 0 Å². The number of hydrogen-bond donors (Lipinski definition) is 0. The lowest BCUT2D eigenvalue weighted by Gasteiger charge is -2.03. The normalized spacial score (nSPS) is 10.1. The molecule has 0 aliphatic heterocycles. The average molecular weight is 187 g/mol. The molecular weight excluding hydrogens is 177 g/mol. The molecule has 0 amide bonds. The predicted molar refractivity (Wildman–Crippen MR) is 54.4 cm³/mol. The van der Waals surface area contributed by atoms with Crippen LogP contribution in [0.2, 0.25) is 0 Å². The summed E-state index contributed by atoms with van der Waals surface area (Å²) in [6.07, 6.45) is 1.69. The van der Waals surface area contributed by atoms with Gasteiger partial charge < -0.3 is 0 Å². The van der Waals surface area contributed by atoms with E-state index in [9.17, 15) is 4.39 Å². The Balaban J connectivity index is 2.55. The highest BCUT2D eigenvalue weighted by atomic mass is 19.1. The fourth-order valence-electron chi connectivity index (χ4n) is 1.41. The summed E-state index contributed by atoms with van der Waals surface area (Å²) in [6.45, 7) is 1.89. The molecule has 1 nitrogen and oxygen atoms in total. The van der Waals surface area contributed by atoms with Crippen LogP contribution >= 0.6 is 0 Å². The number of aromatic nitrogens is 1. The molecule has 14 heavy (non-hydrogen) atoms. The molecule has 0 atom stereocenters. The van der Waals surface area contributed by atoms with E-state index in [-0.39, 0.29) is 5.82 Å². The van der Waals surface area contributed by atoms with E-state index in [1.807, 2.05) is 25.1 Å². The molecule has 0 fully saturated rings. The molecule has 0 spiro atoms. The zero-order valence-electron chi connectivity index (χ0n) is 7.87. The largest absolute Gasteiger partial charge is 0.262 e. The molecule has 2 rings (SSSR count). The van der Waals surface area contributed by atoms with Crippen molar-refractivity contribution in [2.45, 2.75) is 6.92 Å². The van der Waals surface area contributed by atoms with Gasteiger partial charge in [-0.05, 0) is 30.7 Å². The number of aryl methyl sites for hydroxylation is 1. The number of nitrogens with zero attached hydrogens (tertiary/aromatic N) is 1. The van der Waals surface area contributed by atoms with Crippen LogP contribution in [0.5, 0.6) is 0 Å². The van der Waals surface area contributed by atoms with Gasteiger partial charge in [0.15, 0.2) is 0 Å². The van der Waals surface area contributed by atoms with E-state index in [1.165, 1.54) is 6.07 Å². The molecule has 0 aliphatic carbocycles. The summed E-state index contributed by atoms with van der Waals surface area (Å²) in [7, 11) is 0. The Morgan fingerprint density at radius 3 is 2.64 bits per heavy atom. The molecule has 0 aliphatic rings. The summed E-state index contributed by atoms with van der Waals surface area (Å²) in [6, 6.07) is 10.4. The number of hydrogen-bond acceptors (Lipinski definition) is 1. The monoisotopic (exact) mass is 187 g/mol. The van der Waals surface area contributed by atoms with Crippen molar-refractivity contribution in [2.24, 2.45) is 0 Å². The zero-order chi connectivity index (χ0) is 9.97. The standard InChI is InChI=1S/C12H10FN/c1-9-8-10(6-7-14-9)11-4-2-3-5-12(11)13/h2-8H,1H3. The zero-order valence-corrected chi connectivity index (χ0v) is 7.87. The Kier molecular flexibility index (Phi) is 2.27. The van der Waals surface area contributed by atoms with Crippen molar-refractivity contribution in [1.82, 2.24) is 4.98 Å². The van der Waals surface area contributed by atoms with Gasteiger partial charge in [-0.3, -0.25) is 4.98 Å². The Bertz CT molecular complexity index is 452. The minimum Gasteiger partial charge on any atom is -0.262 e. The van der Waals surface area contributed by atoms with Gasteiger partial charge in [0.05, 0.1) is 0 Å². The molecule has 0 saturated heterocycles. The van der Waals surface area contributed by atoms with Crippen molar-refractivity contribution >= 4 is 0 Å². The predicted octanol–water partition coefficient (Wildman–Crippen LogP) is 3.20. The van der Waals surface area contributed by atoms with Gasteiger partial charge in [-0.25, -0.2) is 4.39 Å². The lowest BCUT2D eigenvalue weighted by Crippen LogP contribution is -1.86. The molecule has 2 aromatic rings. The highest BCUT2D eigenvalue weighted by Crippen LogP contribution is 2.21. The summed E-state index contributed by atoms with van der Waals surface area (Å²) in [5, 5.41) is 0. The molecule has 0 radical (unpaired) electrons. The lowest BCUT2D eigenvalue weighted by molar-refractivity contribution is 0.631. The number of rotatable bonds is 1. The van der Waals surface area contributed by atoms with Crippen LogP contribution in [0.15, 0.2) is 42.6 Å². The average Bonchev–Trinajstić information content (AvgIpc) is 2.18. The van der Waals surface area contributed by atoms with Crippen LogP contribution in [0, 0.1) is 12.7 Å².